The van der Waals surface area contributed by atoms with Crippen LogP contribution < -0.4 is 11.1 Å². The molecule has 0 spiro atoms. The van der Waals surface area contributed by atoms with Crippen LogP contribution in [0.15, 0.2) is 12.4 Å². The van der Waals surface area contributed by atoms with Gasteiger partial charge in [0.25, 0.3) is 11.8 Å². The Hall–Kier alpha value is -3.26. The molecule has 42 heavy (non-hydrogen) atoms. The maximum absolute atomic E-state index is 12.3. The van der Waals surface area contributed by atoms with Crippen LogP contribution in [-0.4, -0.2) is 101 Å². The van der Waals surface area contributed by atoms with E-state index in [0.717, 1.165) is 103 Å². The van der Waals surface area contributed by atoms with Crippen molar-refractivity contribution in [3.8, 4) is 0 Å². The van der Waals surface area contributed by atoms with E-state index in [-0.39, 0.29) is 36.3 Å². The number of carboxylic acid groups (broad SMARTS) is 1. The zero-order valence-electron chi connectivity index (χ0n) is 24.0. The first kappa shape index (κ1) is 31.7. The molecule has 2 aliphatic carbocycles. The van der Waals surface area contributed by atoms with Crippen molar-refractivity contribution in [2.45, 2.75) is 101 Å². The van der Waals surface area contributed by atoms with Gasteiger partial charge in [0, 0.05) is 38.3 Å². The molecule has 2 aromatic rings. The quantitative estimate of drug-likeness (QED) is 0.461. The Morgan fingerprint density at radius 3 is 1.52 bits per heavy atom. The number of nitrogens with one attached hydrogen (secondary N) is 1. The first-order chi connectivity index (χ1) is 19.9. The van der Waals surface area contributed by atoms with E-state index in [4.69, 9.17) is 10.8 Å². The third-order valence-electron chi connectivity index (χ3n) is 8.76. The summed E-state index contributed by atoms with van der Waals surface area (Å²) in [5, 5.41) is 27.6. The van der Waals surface area contributed by atoms with E-state index in [1.165, 1.54) is 0 Å². The zero-order valence-corrected chi connectivity index (χ0v) is 24.8. The minimum absolute atomic E-state index is 0. The molecule has 4 heterocycles. The molecule has 0 bridgehead atoms. The molecule has 4 fully saturated rings. The third-order valence-corrected chi connectivity index (χ3v) is 8.76. The summed E-state index contributed by atoms with van der Waals surface area (Å²) in [6, 6.07) is 0.889. The highest BCUT2D eigenvalue weighted by molar-refractivity contribution is 5.92. The molecule has 0 atom stereocenters. The monoisotopic (exact) mass is 606 g/mol. The number of carbonyl (C=O) groups excluding carboxylic acids is 2. The maximum Gasteiger partial charge on any atom is 0.404 e. The van der Waals surface area contributed by atoms with E-state index in [1.807, 2.05) is 20.7 Å². The second-order valence-electron chi connectivity index (χ2n) is 11.7. The Kier molecular flexibility index (Phi) is 11.1. The number of nitrogens with two attached hydrogens (primary N) is 1. The second-order valence-corrected chi connectivity index (χ2v) is 11.7. The summed E-state index contributed by atoms with van der Waals surface area (Å²) >= 11 is 0. The molecule has 232 valence electrons. The normalized spacial score (nSPS) is 25.7. The fourth-order valence-corrected chi connectivity index (χ4v) is 6.30. The van der Waals surface area contributed by atoms with Crippen molar-refractivity contribution < 1.29 is 19.5 Å². The summed E-state index contributed by atoms with van der Waals surface area (Å²) in [4.78, 5) is 38.8. The predicted octanol–water partition coefficient (Wildman–Crippen LogP) is 2.64. The van der Waals surface area contributed by atoms with Crippen molar-refractivity contribution in [3.63, 3.8) is 0 Å². The highest BCUT2D eigenvalue weighted by atomic mass is 35.5. The molecule has 15 heteroatoms. The number of aromatic nitrogens is 6. The topological polar surface area (TPSA) is 177 Å². The molecule has 2 saturated carbocycles. The van der Waals surface area contributed by atoms with Crippen LogP contribution in [0.3, 0.4) is 0 Å². The van der Waals surface area contributed by atoms with Crippen LogP contribution in [0.5, 0.6) is 0 Å². The van der Waals surface area contributed by atoms with E-state index in [0.29, 0.717) is 23.5 Å². The molecule has 2 aromatic heterocycles. The van der Waals surface area contributed by atoms with Gasteiger partial charge in [-0.3, -0.25) is 9.59 Å². The maximum atomic E-state index is 12.3. The molecule has 3 amide bonds. The first-order valence-corrected chi connectivity index (χ1v) is 15.0. The molecule has 4 aliphatic rings. The highest BCUT2D eigenvalue weighted by Crippen LogP contribution is 2.28. The lowest BCUT2D eigenvalue weighted by Gasteiger charge is -2.28. The van der Waals surface area contributed by atoms with E-state index in [9.17, 15) is 14.4 Å². The summed E-state index contributed by atoms with van der Waals surface area (Å²) in [5.41, 5.74) is 6.80. The number of hydrogen-bond donors (Lipinski definition) is 3. The van der Waals surface area contributed by atoms with Crippen LogP contribution in [0.4, 0.5) is 4.79 Å². The first-order valence-electron chi connectivity index (χ1n) is 15.0. The van der Waals surface area contributed by atoms with Gasteiger partial charge >= 0.3 is 6.09 Å². The number of hydrogen-bond acceptors (Lipinski definition) is 8. The lowest BCUT2D eigenvalue weighted by molar-refractivity contribution is 0.0779. The Morgan fingerprint density at radius 2 is 1.12 bits per heavy atom. The number of rotatable bonds is 5. The molecule has 6 rings (SSSR count). The molecule has 0 radical (unpaired) electrons. The van der Waals surface area contributed by atoms with Crippen LogP contribution in [0.1, 0.15) is 110 Å². The van der Waals surface area contributed by atoms with Crippen molar-refractivity contribution in [1.29, 1.82) is 0 Å². The van der Waals surface area contributed by atoms with Gasteiger partial charge in [-0.15, -0.1) is 22.6 Å². The number of halogens is 1. The fourth-order valence-electron chi connectivity index (χ4n) is 6.30. The van der Waals surface area contributed by atoms with Crippen molar-refractivity contribution in [2.24, 2.45) is 5.73 Å². The largest absolute Gasteiger partial charge is 0.465 e. The van der Waals surface area contributed by atoms with Gasteiger partial charge in [-0.05, 0) is 77.0 Å². The summed E-state index contributed by atoms with van der Waals surface area (Å²) in [6.45, 7) is 3.31. The van der Waals surface area contributed by atoms with E-state index in [2.05, 4.69) is 25.9 Å². The number of likely N-dealkylation sites (tertiary alicyclic amines) is 2. The third kappa shape index (κ3) is 7.97. The van der Waals surface area contributed by atoms with Gasteiger partial charge in [-0.25, -0.2) is 14.2 Å². The van der Waals surface area contributed by atoms with Crippen molar-refractivity contribution in [1.82, 2.24) is 45.1 Å². The summed E-state index contributed by atoms with van der Waals surface area (Å²) in [5.74, 6) is -0.0127. The average Bonchev–Trinajstić information content (AvgIpc) is 3.81. The molecule has 2 saturated heterocycles. The smallest absolute Gasteiger partial charge is 0.404 e. The van der Waals surface area contributed by atoms with Crippen LogP contribution in [0.2, 0.25) is 0 Å². The van der Waals surface area contributed by atoms with Crippen molar-refractivity contribution >= 4 is 30.3 Å². The fraction of sp³-hybridized carbons (Fsp3) is 0.741. The van der Waals surface area contributed by atoms with Gasteiger partial charge in [0.05, 0.1) is 24.5 Å². The number of amides is 3. The predicted molar refractivity (Wildman–Crippen MR) is 156 cm³/mol. The van der Waals surface area contributed by atoms with Crippen LogP contribution in [0.25, 0.3) is 0 Å². The second kappa shape index (κ2) is 14.8. The molecular weight excluding hydrogens is 564 g/mol. The minimum atomic E-state index is -0.970. The zero-order chi connectivity index (χ0) is 28.8. The standard InChI is InChI=1S/C14H21N5O3.C13H21N5O.ClH/c20-13(18-7-1-2-8-18)12-9-19(17-16-12)11-5-3-10(4-6-11)15-14(21)22;14-10-3-5-11(6-4-10)18-9-12(15-16-18)13(19)17-7-1-2-8-17;/h9-11,15H,1-8H2,(H,21,22);9-11H,1-8,14H2;1H. The van der Waals surface area contributed by atoms with E-state index >= 15 is 0 Å². The Labute approximate surface area is 251 Å². The lowest BCUT2D eigenvalue weighted by Crippen LogP contribution is -2.37. The van der Waals surface area contributed by atoms with Gasteiger partial charge in [0.15, 0.2) is 11.4 Å². The molecular formula is C27H43ClN10O4. The van der Waals surface area contributed by atoms with Gasteiger partial charge < -0.3 is 26.0 Å². The van der Waals surface area contributed by atoms with Gasteiger partial charge in [0.1, 0.15) is 0 Å². The SMILES string of the molecule is Cl.NC1CCC(n2cc(C(=O)N3CCCC3)nn2)CC1.O=C(O)NC1CCC(n2cc(C(=O)N3CCCC3)nn2)CC1. The van der Waals surface area contributed by atoms with Crippen molar-refractivity contribution in [2.75, 3.05) is 26.2 Å². The molecule has 0 unspecified atom stereocenters. The summed E-state index contributed by atoms with van der Waals surface area (Å²) < 4.78 is 3.62. The Balaban J connectivity index is 0.000000190. The van der Waals surface area contributed by atoms with E-state index in [1.54, 1.807) is 10.9 Å². The molecule has 2 aliphatic heterocycles. The van der Waals surface area contributed by atoms with Crippen LogP contribution in [0, 0.1) is 0 Å². The van der Waals surface area contributed by atoms with Crippen molar-refractivity contribution in [3.05, 3.63) is 23.8 Å². The molecule has 4 N–H and O–H groups in total. The summed E-state index contributed by atoms with van der Waals surface area (Å²) in [6.07, 6.45) is 14.2. The number of carbonyl (C=O) groups is 3. The lowest BCUT2D eigenvalue weighted by atomic mass is 9.91. The Bertz CT molecular complexity index is 1180. The van der Waals surface area contributed by atoms with E-state index < -0.39 is 6.09 Å². The van der Waals surface area contributed by atoms with Crippen LogP contribution in [-0.2, 0) is 0 Å². The Morgan fingerprint density at radius 1 is 0.714 bits per heavy atom. The minimum Gasteiger partial charge on any atom is -0.465 e. The van der Waals surface area contributed by atoms with Crippen LogP contribution >= 0.6 is 12.4 Å². The average molecular weight is 607 g/mol. The van der Waals surface area contributed by atoms with Gasteiger partial charge in [0.2, 0.25) is 0 Å². The number of nitrogens with zero attached hydrogens (tertiary/aromatic N) is 8. The molecule has 0 aromatic carbocycles. The van der Waals surface area contributed by atoms with Gasteiger partial charge in [-0.1, -0.05) is 10.4 Å². The summed E-state index contributed by atoms with van der Waals surface area (Å²) in [7, 11) is 0. The molecule has 14 nitrogen and oxygen atoms in total. The highest BCUT2D eigenvalue weighted by Gasteiger charge is 2.28. The van der Waals surface area contributed by atoms with Gasteiger partial charge in [-0.2, -0.15) is 0 Å².